The number of methoxy groups -OCH3 is 1. The summed E-state index contributed by atoms with van der Waals surface area (Å²) < 4.78 is 5.63. The second-order valence-corrected chi connectivity index (χ2v) is 6.42. The number of piperidine rings is 1. The van der Waals surface area contributed by atoms with Crippen molar-refractivity contribution in [3.63, 3.8) is 0 Å². The summed E-state index contributed by atoms with van der Waals surface area (Å²) in [6, 6.07) is 7.89. The first-order chi connectivity index (χ1) is 9.52. The van der Waals surface area contributed by atoms with E-state index >= 15 is 0 Å². The number of halogens is 1. The molecule has 1 saturated heterocycles. The van der Waals surface area contributed by atoms with Crippen LogP contribution in [0.25, 0.3) is 0 Å². The topological polar surface area (TPSA) is 38.5 Å². The van der Waals surface area contributed by atoms with Crippen LogP contribution in [0.15, 0.2) is 24.3 Å². The third kappa shape index (κ3) is 4.19. The Labute approximate surface area is 127 Å². The monoisotopic (exact) mass is 296 g/mol. The molecule has 1 heterocycles. The van der Waals surface area contributed by atoms with Crippen LogP contribution in [0.1, 0.15) is 37.8 Å². The van der Waals surface area contributed by atoms with Gasteiger partial charge < -0.3 is 15.4 Å². The van der Waals surface area contributed by atoms with Crippen LogP contribution in [0.2, 0.25) is 5.02 Å². The second kappa shape index (κ2) is 6.90. The molecule has 1 aromatic carbocycles. The minimum absolute atomic E-state index is 0.00159. The van der Waals surface area contributed by atoms with Crippen LogP contribution >= 0.6 is 11.6 Å². The van der Waals surface area contributed by atoms with E-state index in [1.807, 2.05) is 24.3 Å². The van der Waals surface area contributed by atoms with Gasteiger partial charge in [-0.15, -0.1) is 0 Å². The van der Waals surface area contributed by atoms with E-state index in [1.165, 1.54) is 6.42 Å². The van der Waals surface area contributed by atoms with Crippen molar-refractivity contribution >= 4 is 11.6 Å². The van der Waals surface area contributed by atoms with Crippen molar-refractivity contribution in [3.05, 3.63) is 34.9 Å². The van der Waals surface area contributed by atoms with Gasteiger partial charge >= 0.3 is 0 Å². The number of ether oxygens (including phenoxy) is 1. The molecule has 0 radical (unpaired) electrons. The summed E-state index contributed by atoms with van der Waals surface area (Å²) in [4.78, 5) is 2.46. The molecule has 1 aliphatic rings. The molecule has 1 aliphatic heterocycles. The summed E-state index contributed by atoms with van der Waals surface area (Å²) in [5.41, 5.74) is 7.38. The summed E-state index contributed by atoms with van der Waals surface area (Å²) >= 11 is 6.01. The van der Waals surface area contributed by atoms with Crippen LogP contribution in [-0.2, 0) is 4.74 Å². The van der Waals surface area contributed by atoms with Gasteiger partial charge in [0.15, 0.2) is 0 Å². The van der Waals surface area contributed by atoms with E-state index in [0.29, 0.717) is 0 Å². The molecular formula is C16H25ClN2O. The third-order valence-electron chi connectivity index (χ3n) is 4.26. The lowest BCUT2D eigenvalue weighted by Gasteiger charge is -2.39. The Morgan fingerprint density at radius 2 is 2.30 bits per heavy atom. The lowest BCUT2D eigenvalue weighted by Crippen LogP contribution is -2.47. The molecular weight excluding hydrogens is 272 g/mol. The summed E-state index contributed by atoms with van der Waals surface area (Å²) in [6.45, 7) is 5.33. The first-order valence-corrected chi connectivity index (χ1v) is 7.69. The zero-order valence-corrected chi connectivity index (χ0v) is 13.2. The predicted octanol–water partition coefficient (Wildman–Crippen LogP) is 3.23. The Balaban J connectivity index is 1.85. The van der Waals surface area contributed by atoms with Gasteiger partial charge in [-0.05, 0) is 50.4 Å². The van der Waals surface area contributed by atoms with Crippen LogP contribution in [0, 0.1) is 0 Å². The molecule has 1 aromatic rings. The van der Waals surface area contributed by atoms with Gasteiger partial charge in [-0.2, -0.15) is 0 Å². The Morgan fingerprint density at radius 1 is 1.50 bits per heavy atom. The number of nitrogens with zero attached hydrogens (tertiary/aromatic N) is 1. The van der Waals surface area contributed by atoms with E-state index in [4.69, 9.17) is 22.1 Å². The van der Waals surface area contributed by atoms with Crippen molar-refractivity contribution in [3.8, 4) is 0 Å². The average Bonchev–Trinajstić information content (AvgIpc) is 2.45. The molecule has 112 valence electrons. The van der Waals surface area contributed by atoms with E-state index in [-0.39, 0.29) is 11.6 Å². The number of likely N-dealkylation sites (tertiary alicyclic amines) is 1. The predicted molar refractivity (Wildman–Crippen MR) is 84.1 cm³/mol. The largest absolute Gasteiger partial charge is 0.377 e. The molecule has 1 fully saturated rings. The maximum absolute atomic E-state index is 6.26. The maximum atomic E-state index is 6.26. The van der Waals surface area contributed by atoms with E-state index in [2.05, 4.69) is 11.8 Å². The zero-order valence-electron chi connectivity index (χ0n) is 12.4. The SMILES string of the molecule is COC1(C)CCCN(CCC(N)c2cccc(Cl)c2)C1. The summed E-state index contributed by atoms with van der Waals surface area (Å²) in [6.07, 6.45) is 3.28. The van der Waals surface area contributed by atoms with Crippen LogP contribution in [-0.4, -0.2) is 37.2 Å². The van der Waals surface area contributed by atoms with Crippen molar-refractivity contribution in [1.82, 2.24) is 4.90 Å². The third-order valence-corrected chi connectivity index (χ3v) is 4.50. The lowest BCUT2D eigenvalue weighted by molar-refractivity contribution is -0.0510. The van der Waals surface area contributed by atoms with Gasteiger partial charge in [0.25, 0.3) is 0 Å². The number of hydrogen-bond acceptors (Lipinski definition) is 3. The summed E-state index contributed by atoms with van der Waals surface area (Å²) in [5.74, 6) is 0. The quantitative estimate of drug-likeness (QED) is 0.906. The van der Waals surface area contributed by atoms with Gasteiger partial charge in [0, 0.05) is 31.3 Å². The molecule has 0 spiro atoms. The van der Waals surface area contributed by atoms with Crippen molar-refractivity contribution in [2.75, 3.05) is 26.7 Å². The van der Waals surface area contributed by atoms with E-state index in [1.54, 1.807) is 7.11 Å². The van der Waals surface area contributed by atoms with Crippen molar-refractivity contribution in [2.24, 2.45) is 5.73 Å². The fourth-order valence-corrected chi connectivity index (χ4v) is 3.09. The highest BCUT2D eigenvalue weighted by Gasteiger charge is 2.30. The molecule has 3 nitrogen and oxygen atoms in total. The smallest absolute Gasteiger partial charge is 0.0777 e. The van der Waals surface area contributed by atoms with Crippen LogP contribution < -0.4 is 5.73 Å². The zero-order chi connectivity index (χ0) is 14.6. The van der Waals surface area contributed by atoms with E-state index in [9.17, 15) is 0 Å². The summed E-state index contributed by atoms with van der Waals surface area (Å²) in [5, 5.41) is 0.753. The van der Waals surface area contributed by atoms with Gasteiger partial charge in [0.1, 0.15) is 0 Å². The molecule has 2 rings (SSSR count). The number of hydrogen-bond donors (Lipinski definition) is 1. The molecule has 0 aliphatic carbocycles. The molecule has 0 amide bonds. The Kier molecular flexibility index (Phi) is 5.44. The Morgan fingerprint density at radius 3 is 3.00 bits per heavy atom. The minimum Gasteiger partial charge on any atom is -0.377 e. The van der Waals surface area contributed by atoms with Crippen LogP contribution in [0.3, 0.4) is 0 Å². The fraction of sp³-hybridized carbons (Fsp3) is 0.625. The van der Waals surface area contributed by atoms with Gasteiger partial charge in [0.2, 0.25) is 0 Å². The molecule has 2 unspecified atom stereocenters. The van der Waals surface area contributed by atoms with E-state index in [0.717, 1.165) is 43.1 Å². The van der Waals surface area contributed by atoms with Gasteiger partial charge in [0.05, 0.1) is 5.60 Å². The molecule has 0 saturated carbocycles. The number of nitrogens with two attached hydrogens (primary N) is 1. The first kappa shape index (κ1) is 15.8. The summed E-state index contributed by atoms with van der Waals surface area (Å²) in [7, 11) is 1.81. The molecule has 0 bridgehead atoms. The molecule has 20 heavy (non-hydrogen) atoms. The Bertz CT molecular complexity index is 440. The highest BCUT2D eigenvalue weighted by molar-refractivity contribution is 6.30. The van der Waals surface area contributed by atoms with Gasteiger partial charge in [-0.3, -0.25) is 0 Å². The first-order valence-electron chi connectivity index (χ1n) is 7.31. The number of rotatable bonds is 5. The maximum Gasteiger partial charge on any atom is 0.0777 e. The highest BCUT2D eigenvalue weighted by Crippen LogP contribution is 2.25. The fourth-order valence-electron chi connectivity index (χ4n) is 2.89. The van der Waals surface area contributed by atoms with E-state index < -0.39 is 0 Å². The molecule has 2 N–H and O–H groups in total. The van der Waals surface area contributed by atoms with Crippen molar-refractivity contribution in [1.29, 1.82) is 0 Å². The molecule has 2 atom stereocenters. The highest BCUT2D eigenvalue weighted by atomic mass is 35.5. The van der Waals surface area contributed by atoms with Crippen LogP contribution in [0.4, 0.5) is 0 Å². The minimum atomic E-state index is -0.00159. The average molecular weight is 297 g/mol. The molecule has 0 aromatic heterocycles. The standard InChI is InChI=1S/C16H25ClN2O/c1-16(20-2)8-4-9-19(12-16)10-7-15(18)13-5-3-6-14(17)11-13/h3,5-6,11,15H,4,7-10,12,18H2,1-2H3. The second-order valence-electron chi connectivity index (χ2n) is 5.98. The van der Waals surface area contributed by atoms with Gasteiger partial charge in [-0.1, -0.05) is 23.7 Å². The van der Waals surface area contributed by atoms with Crippen LogP contribution in [0.5, 0.6) is 0 Å². The normalized spacial score (nSPS) is 25.6. The molecule has 4 heteroatoms. The van der Waals surface area contributed by atoms with Gasteiger partial charge in [-0.25, -0.2) is 0 Å². The van der Waals surface area contributed by atoms with Crippen molar-refractivity contribution < 1.29 is 4.74 Å². The van der Waals surface area contributed by atoms with Crippen molar-refractivity contribution in [2.45, 2.75) is 37.8 Å². The Hall–Kier alpha value is -0.610. The number of benzene rings is 1. The lowest BCUT2D eigenvalue weighted by atomic mass is 9.94.